The molecule has 0 N–H and O–H groups in total. The number of halogens is 4. The maximum atomic E-state index is 0. The molecule has 0 atom stereocenters. The Morgan fingerprint density at radius 3 is 0.333 bits per heavy atom. The standard InChI is InChI=1S/4BrH.2Sm/h4*1H;;/q;;;;2*+3/p-4. The van der Waals surface area contributed by atoms with Gasteiger partial charge >= 0.3 is 80.8 Å². The van der Waals surface area contributed by atoms with E-state index in [2.05, 4.69) is 0 Å². The predicted octanol–water partition coefficient (Wildman–Crippen LogP) is -12.0. The summed E-state index contributed by atoms with van der Waals surface area (Å²) in [5, 5.41) is 0. The van der Waals surface area contributed by atoms with Gasteiger partial charge in [-0.15, -0.1) is 0 Å². The van der Waals surface area contributed by atoms with Gasteiger partial charge in [-0.3, -0.25) is 0 Å². The monoisotopic (exact) mass is 620 g/mol. The Balaban J connectivity index is 0. The fourth-order valence-electron chi connectivity index (χ4n) is 0. The first-order chi connectivity index (χ1) is 0. The van der Waals surface area contributed by atoms with Crippen LogP contribution in [-0.4, -0.2) is 0 Å². The van der Waals surface area contributed by atoms with Crippen molar-refractivity contribution in [3.63, 3.8) is 0 Å². The van der Waals surface area contributed by atoms with Gasteiger partial charge in [-0.1, -0.05) is 0 Å². The van der Waals surface area contributed by atoms with E-state index in [-0.39, 0.29) is 149 Å². The zero-order valence-corrected chi connectivity index (χ0v) is 13.9. The molecular weight excluding hydrogens is 620 g/mol. The number of hydrogen-bond donors (Lipinski definition) is 0. The quantitative estimate of drug-likeness (QED) is 0.253. The van der Waals surface area contributed by atoms with E-state index < -0.39 is 0 Å². The summed E-state index contributed by atoms with van der Waals surface area (Å²) in [5.74, 6) is 0. The molecule has 0 aromatic rings. The van der Waals surface area contributed by atoms with Crippen LogP contribution in [0.1, 0.15) is 0 Å². The van der Waals surface area contributed by atoms with Crippen molar-refractivity contribution in [3.8, 4) is 0 Å². The average molecular weight is 620 g/mol. The first-order valence-corrected chi connectivity index (χ1v) is 0. The Morgan fingerprint density at radius 2 is 0.333 bits per heavy atom. The van der Waals surface area contributed by atoms with E-state index in [1.54, 1.807) is 0 Å². The molecule has 0 aliphatic heterocycles. The Hall–Kier alpha value is 4.60. The van der Waals surface area contributed by atoms with Crippen molar-refractivity contribution in [1.82, 2.24) is 0 Å². The molecule has 0 fully saturated rings. The van der Waals surface area contributed by atoms with Crippen LogP contribution in [0.15, 0.2) is 0 Å². The van der Waals surface area contributed by atoms with Gasteiger partial charge in [0.05, 0.1) is 0 Å². The molecule has 6 heteroatoms. The van der Waals surface area contributed by atoms with Crippen LogP contribution in [-0.2, 0) is 0 Å². The van der Waals surface area contributed by atoms with Gasteiger partial charge in [0.2, 0.25) is 0 Å². The molecule has 0 spiro atoms. The molecule has 2 radical (unpaired) electrons. The van der Waals surface area contributed by atoms with Crippen LogP contribution in [0.4, 0.5) is 0 Å². The van der Waals surface area contributed by atoms with Gasteiger partial charge in [0.1, 0.15) is 0 Å². The summed E-state index contributed by atoms with van der Waals surface area (Å²) in [7, 11) is 0. The fourth-order valence-corrected chi connectivity index (χ4v) is 0. The Kier molecular flexibility index (Phi) is 258. The molecule has 0 nitrogen and oxygen atoms in total. The normalized spacial score (nSPS) is 0. The van der Waals surface area contributed by atoms with E-state index in [0.717, 1.165) is 0 Å². The van der Waals surface area contributed by atoms with E-state index in [0.29, 0.717) is 0 Å². The molecule has 0 aliphatic carbocycles. The molecule has 0 saturated carbocycles. The topological polar surface area (TPSA) is 0 Å². The second-order valence-electron chi connectivity index (χ2n) is 0. The summed E-state index contributed by atoms with van der Waals surface area (Å²) in [6, 6.07) is 0. The predicted molar refractivity (Wildman–Crippen MR) is 0 cm³/mol. The van der Waals surface area contributed by atoms with Gasteiger partial charge < -0.3 is 67.9 Å². The van der Waals surface area contributed by atoms with E-state index in [1.807, 2.05) is 0 Å². The Morgan fingerprint density at radius 1 is 0.333 bits per heavy atom. The third-order valence-corrected chi connectivity index (χ3v) is 0. The minimum atomic E-state index is 0. The minimum Gasteiger partial charge on any atom is -1.00 e. The maximum absolute atomic E-state index is 0. The largest absolute Gasteiger partial charge is 3.00 e. The van der Waals surface area contributed by atoms with Gasteiger partial charge in [-0.2, -0.15) is 0 Å². The van der Waals surface area contributed by atoms with Gasteiger partial charge in [0.25, 0.3) is 0 Å². The van der Waals surface area contributed by atoms with Crippen molar-refractivity contribution >= 4 is 0 Å². The molecule has 0 rings (SSSR count). The molecular formula is Br4Sm2+2. The molecule has 0 bridgehead atoms. The SMILES string of the molecule is [Br-].[Br-].[Br-].[Br-].[Sm+3].[Sm+3]. The first-order valence-electron chi connectivity index (χ1n) is 0. The zero-order chi connectivity index (χ0) is 0. The van der Waals surface area contributed by atoms with Gasteiger partial charge in [0.15, 0.2) is 0 Å². The molecule has 0 aromatic carbocycles. The molecule has 0 unspecified atom stereocenters. The van der Waals surface area contributed by atoms with Crippen molar-refractivity contribution < 1.29 is 149 Å². The van der Waals surface area contributed by atoms with Crippen LogP contribution < -0.4 is 67.9 Å². The second-order valence-corrected chi connectivity index (χ2v) is 0. The van der Waals surface area contributed by atoms with E-state index in [9.17, 15) is 0 Å². The van der Waals surface area contributed by atoms with Crippen molar-refractivity contribution in [3.05, 3.63) is 0 Å². The summed E-state index contributed by atoms with van der Waals surface area (Å²) in [6.07, 6.45) is 0. The third kappa shape index (κ3) is 23.5. The van der Waals surface area contributed by atoms with E-state index in [4.69, 9.17) is 0 Å². The molecule has 0 aliphatic rings. The summed E-state index contributed by atoms with van der Waals surface area (Å²) in [6.45, 7) is 0. The second kappa shape index (κ2) is 33.6. The third-order valence-electron chi connectivity index (χ3n) is 0. The summed E-state index contributed by atoms with van der Waals surface area (Å²) in [4.78, 5) is 0. The molecule has 0 aromatic heterocycles. The van der Waals surface area contributed by atoms with Gasteiger partial charge in [-0.25, -0.2) is 0 Å². The van der Waals surface area contributed by atoms with Crippen LogP contribution in [0.5, 0.6) is 0 Å². The average Bonchev–Trinajstić information content (AvgIpc) is 0. The molecule has 0 amide bonds. The molecule has 6 heavy (non-hydrogen) atoms. The number of rotatable bonds is 0. The van der Waals surface area contributed by atoms with Crippen LogP contribution >= 0.6 is 0 Å². The van der Waals surface area contributed by atoms with Crippen molar-refractivity contribution in [2.75, 3.05) is 0 Å². The van der Waals surface area contributed by atoms with Crippen LogP contribution in [0.25, 0.3) is 0 Å². The fraction of sp³-hybridized carbons (Fsp3) is 0. The van der Waals surface area contributed by atoms with Crippen LogP contribution in [0, 0.1) is 80.8 Å². The molecule has 38 valence electrons. The van der Waals surface area contributed by atoms with Crippen molar-refractivity contribution in [1.29, 1.82) is 0 Å². The number of hydrogen-bond acceptors (Lipinski definition) is 0. The van der Waals surface area contributed by atoms with E-state index in [1.165, 1.54) is 0 Å². The zero-order valence-electron chi connectivity index (χ0n) is 2.33. The summed E-state index contributed by atoms with van der Waals surface area (Å²) in [5.41, 5.74) is 0. The van der Waals surface area contributed by atoms with Gasteiger partial charge in [0, 0.05) is 0 Å². The maximum Gasteiger partial charge on any atom is 3.00 e. The van der Waals surface area contributed by atoms with E-state index >= 15 is 0 Å². The van der Waals surface area contributed by atoms with Crippen LogP contribution in [0.3, 0.4) is 0 Å². The van der Waals surface area contributed by atoms with Crippen molar-refractivity contribution in [2.45, 2.75) is 0 Å². The Bertz CT molecular complexity index is 5.51. The summed E-state index contributed by atoms with van der Waals surface area (Å²) < 4.78 is 0. The van der Waals surface area contributed by atoms with Crippen LogP contribution in [0.2, 0.25) is 0 Å². The van der Waals surface area contributed by atoms with Gasteiger partial charge in [-0.05, 0) is 0 Å². The minimum absolute atomic E-state index is 0. The first kappa shape index (κ1) is 46.2. The smallest absolute Gasteiger partial charge is 1.00 e. The van der Waals surface area contributed by atoms with Crippen molar-refractivity contribution in [2.24, 2.45) is 0 Å². The summed E-state index contributed by atoms with van der Waals surface area (Å²) >= 11 is 0. The Labute approximate surface area is 145 Å². The molecule has 0 saturated heterocycles. The molecule has 0 heterocycles.